The van der Waals surface area contributed by atoms with E-state index >= 15 is 0 Å². The van der Waals surface area contributed by atoms with E-state index in [0.717, 1.165) is 23.7 Å². The minimum atomic E-state index is 0.489. The third kappa shape index (κ3) is 2.05. The van der Waals surface area contributed by atoms with Crippen LogP contribution in [0.4, 0.5) is 0 Å². The molecule has 1 saturated heterocycles. The third-order valence-electron chi connectivity index (χ3n) is 3.98. The van der Waals surface area contributed by atoms with Gasteiger partial charge in [0, 0.05) is 49.2 Å². The van der Waals surface area contributed by atoms with Gasteiger partial charge in [-0.05, 0) is 19.4 Å². The van der Waals surface area contributed by atoms with Gasteiger partial charge in [0.2, 0.25) is 0 Å². The van der Waals surface area contributed by atoms with E-state index in [4.69, 9.17) is 0 Å². The Kier molecular flexibility index (Phi) is 2.85. The average molecular weight is 287 g/mol. The van der Waals surface area contributed by atoms with Crippen LogP contribution in [0, 0.1) is 0 Å². The highest BCUT2D eigenvalue weighted by Crippen LogP contribution is 2.32. The zero-order valence-corrected chi connectivity index (χ0v) is 12.3. The second kappa shape index (κ2) is 4.71. The highest BCUT2D eigenvalue weighted by Gasteiger charge is 2.27. The molecule has 0 spiro atoms. The monoisotopic (exact) mass is 287 g/mol. The summed E-state index contributed by atoms with van der Waals surface area (Å²) in [5.41, 5.74) is 2.48. The number of aromatic nitrogens is 4. The summed E-state index contributed by atoms with van der Waals surface area (Å²) in [6, 6.07) is 0.489. The molecule has 0 N–H and O–H groups in total. The van der Waals surface area contributed by atoms with Crippen molar-refractivity contribution < 1.29 is 0 Å². The van der Waals surface area contributed by atoms with E-state index in [0.29, 0.717) is 6.04 Å². The molecule has 0 aromatic carbocycles. The summed E-state index contributed by atoms with van der Waals surface area (Å²) in [6.45, 7) is 2.07. The molecule has 4 heterocycles. The lowest BCUT2D eigenvalue weighted by atomic mass is 10.1. The molecule has 0 bridgehead atoms. The number of likely N-dealkylation sites (tertiary alicyclic amines) is 1. The van der Waals surface area contributed by atoms with Gasteiger partial charge >= 0.3 is 0 Å². The molecule has 3 aromatic rings. The number of imidazole rings is 1. The van der Waals surface area contributed by atoms with Crippen molar-refractivity contribution in [1.29, 1.82) is 0 Å². The fraction of sp³-hybridized carbons (Fsp3) is 0.429. The second-order valence-corrected chi connectivity index (χ2v) is 6.27. The Morgan fingerprint density at radius 1 is 1.40 bits per heavy atom. The Labute approximate surface area is 121 Å². The Balaban J connectivity index is 1.56. The van der Waals surface area contributed by atoms with E-state index < -0.39 is 0 Å². The van der Waals surface area contributed by atoms with Gasteiger partial charge in [-0.3, -0.25) is 14.0 Å². The molecule has 0 amide bonds. The van der Waals surface area contributed by atoms with E-state index in [1.807, 2.05) is 17.9 Å². The maximum absolute atomic E-state index is 4.69. The minimum Gasteiger partial charge on any atom is -0.297 e. The normalized spacial score (nSPS) is 20.1. The fourth-order valence-electron chi connectivity index (χ4n) is 3.07. The number of hydrogen-bond donors (Lipinski definition) is 0. The Morgan fingerprint density at radius 2 is 2.35 bits per heavy atom. The Hall–Kier alpha value is -1.66. The predicted octanol–water partition coefficient (Wildman–Crippen LogP) is 2.47. The Bertz CT molecular complexity index is 696. The van der Waals surface area contributed by atoms with E-state index in [9.17, 15) is 0 Å². The molecule has 5 nitrogen and oxygen atoms in total. The number of fused-ring (bicyclic) bond motifs is 1. The van der Waals surface area contributed by atoms with Crippen LogP contribution in [-0.4, -0.2) is 30.6 Å². The molecule has 1 atom stereocenters. The molecular weight excluding hydrogens is 270 g/mol. The van der Waals surface area contributed by atoms with Crippen molar-refractivity contribution in [3.63, 3.8) is 0 Å². The van der Waals surface area contributed by atoms with Gasteiger partial charge in [0.25, 0.3) is 0 Å². The molecular formula is C14H17N5S. The molecule has 0 unspecified atom stereocenters. The van der Waals surface area contributed by atoms with Crippen molar-refractivity contribution in [2.24, 2.45) is 7.05 Å². The topological polar surface area (TPSA) is 38.4 Å². The first-order chi connectivity index (χ1) is 9.79. The van der Waals surface area contributed by atoms with Crippen LogP contribution in [-0.2, 0) is 13.6 Å². The van der Waals surface area contributed by atoms with Crippen LogP contribution in [0.5, 0.6) is 0 Å². The van der Waals surface area contributed by atoms with Gasteiger partial charge < -0.3 is 0 Å². The molecule has 1 aliphatic heterocycles. The minimum absolute atomic E-state index is 0.489. The molecule has 0 radical (unpaired) electrons. The van der Waals surface area contributed by atoms with Crippen LogP contribution in [0.2, 0.25) is 0 Å². The van der Waals surface area contributed by atoms with Gasteiger partial charge in [-0.15, -0.1) is 11.3 Å². The van der Waals surface area contributed by atoms with Crippen LogP contribution in [0.1, 0.15) is 30.1 Å². The van der Waals surface area contributed by atoms with Gasteiger partial charge in [0.1, 0.15) is 0 Å². The smallest absolute Gasteiger partial charge is 0.193 e. The third-order valence-corrected chi connectivity index (χ3v) is 4.75. The summed E-state index contributed by atoms with van der Waals surface area (Å²) in [5.74, 6) is 0. The molecule has 4 rings (SSSR count). The van der Waals surface area contributed by atoms with Crippen LogP contribution in [0.25, 0.3) is 4.96 Å². The molecule has 6 heteroatoms. The number of hydrogen-bond acceptors (Lipinski definition) is 4. The summed E-state index contributed by atoms with van der Waals surface area (Å²) < 4.78 is 3.99. The first kappa shape index (κ1) is 12.1. The number of aryl methyl sites for hydroxylation is 1. The standard InChI is InChI=1S/C14H17N5S/c1-17-8-11(7-15-17)13-3-2-4-18(13)9-12-10-19-5-6-20-14(19)16-12/h5-8,10,13H,2-4,9H2,1H3/t13-/m1/s1. The van der Waals surface area contributed by atoms with E-state index in [1.165, 1.54) is 18.4 Å². The lowest BCUT2D eigenvalue weighted by Crippen LogP contribution is -2.22. The summed E-state index contributed by atoms with van der Waals surface area (Å²) in [4.78, 5) is 8.29. The number of nitrogens with zero attached hydrogens (tertiary/aromatic N) is 5. The first-order valence-corrected chi connectivity index (χ1v) is 7.81. The van der Waals surface area contributed by atoms with Crippen molar-refractivity contribution in [1.82, 2.24) is 24.1 Å². The van der Waals surface area contributed by atoms with Gasteiger partial charge in [-0.1, -0.05) is 0 Å². The molecule has 104 valence electrons. The largest absolute Gasteiger partial charge is 0.297 e. The van der Waals surface area contributed by atoms with Gasteiger partial charge in [0.05, 0.1) is 11.9 Å². The molecule has 1 aliphatic rings. The highest BCUT2D eigenvalue weighted by molar-refractivity contribution is 7.15. The van der Waals surface area contributed by atoms with Crippen molar-refractivity contribution in [2.75, 3.05) is 6.54 Å². The van der Waals surface area contributed by atoms with E-state index in [1.54, 1.807) is 11.3 Å². The molecule has 0 saturated carbocycles. The lowest BCUT2D eigenvalue weighted by Gasteiger charge is -2.22. The lowest BCUT2D eigenvalue weighted by molar-refractivity contribution is 0.246. The summed E-state index contributed by atoms with van der Waals surface area (Å²) in [6.07, 6.45) is 10.8. The van der Waals surface area contributed by atoms with Crippen molar-refractivity contribution in [2.45, 2.75) is 25.4 Å². The van der Waals surface area contributed by atoms with Crippen LogP contribution >= 0.6 is 11.3 Å². The van der Waals surface area contributed by atoms with Crippen LogP contribution in [0.3, 0.4) is 0 Å². The first-order valence-electron chi connectivity index (χ1n) is 6.93. The SMILES string of the molecule is Cn1cc([C@H]2CCCN2Cc2cn3ccsc3n2)cn1. The maximum atomic E-state index is 4.69. The molecule has 20 heavy (non-hydrogen) atoms. The zero-order chi connectivity index (χ0) is 13.5. The summed E-state index contributed by atoms with van der Waals surface area (Å²) >= 11 is 1.69. The molecule has 3 aromatic heterocycles. The maximum Gasteiger partial charge on any atom is 0.193 e. The van der Waals surface area contributed by atoms with Crippen molar-refractivity contribution >= 4 is 16.3 Å². The number of thiazole rings is 1. The van der Waals surface area contributed by atoms with Crippen molar-refractivity contribution in [3.8, 4) is 0 Å². The quantitative estimate of drug-likeness (QED) is 0.743. The summed E-state index contributed by atoms with van der Waals surface area (Å²) in [7, 11) is 1.98. The van der Waals surface area contributed by atoms with Gasteiger partial charge in [0.15, 0.2) is 4.96 Å². The molecule has 1 fully saturated rings. The zero-order valence-electron chi connectivity index (χ0n) is 11.4. The van der Waals surface area contributed by atoms with Crippen LogP contribution in [0.15, 0.2) is 30.2 Å². The second-order valence-electron chi connectivity index (χ2n) is 5.40. The van der Waals surface area contributed by atoms with Gasteiger partial charge in [-0.25, -0.2) is 4.98 Å². The van der Waals surface area contributed by atoms with Crippen LogP contribution < -0.4 is 0 Å². The van der Waals surface area contributed by atoms with E-state index in [-0.39, 0.29) is 0 Å². The summed E-state index contributed by atoms with van der Waals surface area (Å²) in [5, 5.41) is 6.37. The predicted molar refractivity (Wildman–Crippen MR) is 78.7 cm³/mol. The molecule has 0 aliphatic carbocycles. The number of rotatable bonds is 3. The van der Waals surface area contributed by atoms with Gasteiger partial charge in [-0.2, -0.15) is 5.10 Å². The van der Waals surface area contributed by atoms with E-state index in [2.05, 4.69) is 43.4 Å². The Morgan fingerprint density at radius 3 is 3.15 bits per heavy atom. The van der Waals surface area contributed by atoms with Crippen molar-refractivity contribution in [3.05, 3.63) is 41.4 Å². The average Bonchev–Trinajstić information content (AvgIpc) is 3.12. The fourth-order valence-corrected chi connectivity index (χ4v) is 3.78. The highest BCUT2D eigenvalue weighted by atomic mass is 32.1.